The fraction of sp³-hybridized carbons (Fsp3) is 0.238. The van der Waals surface area contributed by atoms with E-state index in [0.29, 0.717) is 40.0 Å². The highest BCUT2D eigenvalue weighted by Gasteiger charge is 2.15. The molecular formula is C21H20ClNO4. The van der Waals surface area contributed by atoms with Gasteiger partial charge in [-0.05, 0) is 54.5 Å². The molecule has 2 aromatic carbocycles. The maximum absolute atomic E-state index is 12.6. The molecule has 0 saturated heterocycles. The average Bonchev–Trinajstić information content (AvgIpc) is 2.70. The third-order valence-corrected chi connectivity index (χ3v) is 4.01. The maximum atomic E-state index is 12.6. The minimum absolute atomic E-state index is 0.0134. The van der Waals surface area contributed by atoms with E-state index in [1.54, 1.807) is 43.5 Å². The minimum atomic E-state index is -0.387. The van der Waals surface area contributed by atoms with Crippen LogP contribution in [-0.2, 0) is 0 Å². The Bertz CT molecular complexity index is 882. The molecule has 0 aromatic heterocycles. The van der Waals surface area contributed by atoms with E-state index < -0.39 is 0 Å². The summed E-state index contributed by atoms with van der Waals surface area (Å²) in [4.78, 5) is 12.6. The van der Waals surface area contributed by atoms with Crippen LogP contribution in [0.2, 0.25) is 5.02 Å². The number of carbonyl (C=O) groups is 1. The zero-order chi connectivity index (χ0) is 19.8. The fourth-order valence-corrected chi connectivity index (χ4v) is 2.65. The van der Waals surface area contributed by atoms with Gasteiger partial charge in [0.2, 0.25) is 5.78 Å². The normalized spacial score (nSPS) is 10.9. The third kappa shape index (κ3) is 5.02. The molecule has 0 heterocycles. The first-order chi connectivity index (χ1) is 13.0. The van der Waals surface area contributed by atoms with Crippen molar-refractivity contribution in [2.45, 2.75) is 13.3 Å². The summed E-state index contributed by atoms with van der Waals surface area (Å²) in [5, 5.41) is 9.78. The first kappa shape index (κ1) is 20.3. The average molecular weight is 386 g/mol. The number of ether oxygens (including phenoxy) is 3. The maximum Gasteiger partial charge on any atom is 0.203 e. The monoisotopic (exact) mass is 385 g/mol. The van der Waals surface area contributed by atoms with Crippen LogP contribution in [0.1, 0.15) is 29.3 Å². The minimum Gasteiger partial charge on any atom is -0.497 e. The Morgan fingerprint density at radius 3 is 2.44 bits per heavy atom. The number of rotatable bonds is 8. The van der Waals surface area contributed by atoms with Crippen LogP contribution in [-0.4, -0.2) is 26.6 Å². The molecule has 0 aliphatic rings. The van der Waals surface area contributed by atoms with Crippen LogP contribution >= 0.6 is 11.6 Å². The van der Waals surface area contributed by atoms with Crippen molar-refractivity contribution in [2.24, 2.45) is 0 Å². The van der Waals surface area contributed by atoms with Crippen LogP contribution in [0, 0.1) is 11.3 Å². The van der Waals surface area contributed by atoms with Crippen LogP contribution in [0.25, 0.3) is 6.08 Å². The van der Waals surface area contributed by atoms with E-state index in [0.717, 1.165) is 6.42 Å². The Hall–Kier alpha value is -2.97. The lowest BCUT2D eigenvalue weighted by Crippen LogP contribution is -2.02. The zero-order valence-electron chi connectivity index (χ0n) is 15.4. The summed E-state index contributed by atoms with van der Waals surface area (Å²) >= 11 is 6.29. The summed E-state index contributed by atoms with van der Waals surface area (Å²) in [6.07, 6.45) is 2.31. The number of hydrogen-bond acceptors (Lipinski definition) is 5. The van der Waals surface area contributed by atoms with Crippen molar-refractivity contribution >= 4 is 23.5 Å². The van der Waals surface area contributed by atoms with Gasteiger partial charge in [-0.25, -0.2) is 0 Å². The van der Waals surface area contributed by atoms with E-state index in [4.69, 9.17) is 25.8 Å². The first-order valence-electron chi connectivity index (χ1n) is 8.34. The van der Waals surface area contributed by atoms with Crippen LogP contribution in [0.5, 0.6) is 17.2 Å². The Morgan fingerprint density at radius 2 is 1.89 bits per heavy atom. The number of hydrogen-bond donors (Lipinski definition) is 0. The van der Waals surface area contributed by atoms with Gasteiger partial charge in [0.25, 0.3) is 0 Å². The molecule has 2 rings (SSSR count). The third-order valence-electron chi connectivity index (χ3n) is 3.73. The lowest BCUT2D eigenvalue weighted by molar-refractivity contribution is 0.104. The predicted molar refractivity (Wildman–Crippen MR) is 105 cm³/mol. The van der Waals surface area contributed by atoms with Crippen LogP contribution in [0.3, 0.4) is 0 Å². The summed E-state index contributed by atoms with van der Waals surface area (Å²) in [6.45, 7) is 2.49. The molecule has 0 unspecified atom stereocenters. The Morgan fingerprint density at radius 1 is 1.19 bits per heavy atom. The Labute approximate surface area is 163 Å². The highest BCUT2D eigenvalue weighted by atomic mass is 35.5. The second kappa shape index (κ2) is 9.65. The molecule has 0 atom stereocenters. The Kier molecular flexibility index (Phi) is 7.27. The fourth-order valence-electron chi connectivity index (χ4n) is 2.38. The van der Waals surface area contributed by atoms with Crippen molar-refractivity contribution in [3.8, 4) is 23.3 Å². The standard InChI is InChI=1S/C21H20ClNO4/c1-4-9-27-21-18(22)11-14(12-19(21)26-3)10-16(13-23)20(24)15-5-7-17(25-2)8-6-15/h5-8,10-12H,4,9H2,1-3H3/b16-10+. The SMILES string of the molecule is CCCOc1c(Cl)cc(/C=C(\C#N)C(=O)c2ccc(OC)cc2)cc1OC. The van der Waals surface area contributed by atoms with E-state index >= 15 is 0 Å². The van der Waals surface area contributed by atoms with Gasteiger partial charge < -0.3 is 14.2 Å². The molecule has 6 heteroatoms. The van der Waals surface area contributed by atoms with Crippen molar-refractivity contribution in [3.05, 3.63) is 58.1 Å². The topological polar surface area (TPSA) is 68.5 Å². The van der Waals surface area contributed by atoms with Crippen LogP contribution in [0.15, 0.2) is 42.0 Å². The second-order valence-corrected chi connectivity index (χ2v) is 6.02. The number of ketones is 1. The second-order valence-electron chi connectivity index (χ2n) is 5.61. The molecule has 140 valence electrons. The number of Topliss-reactive ketones (excluding diaryl/α,β-unsaturated/α-hetero) is 1. The van der Waals surface area contributed by atoms with Gasteiger partial charge in [0.15, 0.2) is 11.5 Å². The van der Waals surface area contributed by atoms with E-state index in [1.807, 2.05) is 13.0 Å². The lowest BCUT2D eigenvalue weighted by Gasteiger charge is -2.13. The van der Waals surface area contributed by atoms with Crippen LogP contribution < -0.4 is 14.2 Å². The summed E-state index contributed by atoms with van der Waals surface area (Å²) in [7, 11) is 3.05. The summed E-state index contributed by atoms with van der Waals surface area (Å²) in [5.41, 5.74) is 0.948. The van der Waals surface area contributed by atoms with Crippen molar-refractivity contribution in [1.82, 2.24) is 0 Å². The molecule has 0 N–H and O–H groups in total. The summed E-state index contributed by atoms with van der Waals surface area (Å²) in [5.74, 6) is 1.13. The molecular weight excluding hydrogens is 366 g/mol. The number of nitriles is 1. The molecule has 5 nitrogen and oxygen atoms in total. The van der Waals surface area contributed by atoms with Gasteiger partial charge in [-0.15, -0.1) is 0 Å². The van der Waals surface area contributed by atoms with Gasteiger partial charge in [0.05, 0.1) is 25.8 Å². The quantitative estimate of drug-likeness (QED) is 0.366. The summed E-state index contributed by atoms with van der Waals surface area (Å²) in [6, 6.07) is 11.8. The molecule has 0 fully saturated rings. The molecule has 0 radical (unpaired) electrons. The smallest absolute Gasteiger partial charge is 0.203 e. The predicted octanol–water partition coefficient (Wildman–Crippen LogP) is 4.94. The van der Waals surface area contributed by atoms with Crippen molar-refractivity contribution in [2.75, 3.05) is 20.8 Å². The molecule has 0 bridgehead atoms. The number of benzene rings is 2. The number of halogens is 1. The van der Waals surface area contributed by atoms with Gasteiger partial charge >= 0.3 is 0 Å². The lowest BCUT2D eigenvalue weighted by atomic mass is 10.0. The molecule has 0 aliphatic heterocycles. The number of methoxy groups -OCH3 is 2. The van der Waals surface area contributed by atoms with Crippen LogP contribution in [0.4, 0.5) is 0 Å². The first-order valence-corrected chi connectivity index (χ1v) is 8.72. The van der Waals surface area contributed by atoms with Crippen molar-refractivity contribution < 1.29 is 19.0 Å². The number of allylic oxidation sites excluding steroid dienone is 1. The number of nitrogens with zero attached hydrogens (tertiary/aromatic N) is 1. The van der Waals surface area contributed by atoms with Gasteiger partial charge in [-0.2, -0.15) is 5.26 Å². The summed E-state index contributed by atoms with van der Waals surface area (Å²) < 4.78 is 16.0. The van der Waals surface area contributed by atoms with E-state index in [-0.39, 0.29) is 11.4 Å². The van der Waals surface area contributed by atoms with E-state index in [9.17, 15) is 10.1 Å². The largest absolute Gasteiger partial charge is 0.497 e. The zero-order valence-corrected chi connectivity index (χ0v) is 16.2. The molecule has 0 saturated carbocycles. The van der Waals surface area contributed by atoms with Crippen molar-refractivity contribution in [1.29, 1.82) is 5.26 Å². The highest BCUT2D eigenvalue weighted by Crippen LogP contribution is 2.37. The molecule has 2 aromatic rings. The van der Waals surface area contributed by atoms with Gasteiger partial charge in [0.1, 0.15) is 17.4 Å². The number of carbonyl (C=O) groups excluding carboxylic acids is 1. The van der Waals surface area contributed by atoms with Gasteiger partial charge in [-0.1, -0.05) is 18.5 Å². The van der Waals surface area contributed by atoms with Gasteiger partial charge in [0, 0.05) is 5.56 Å². The molecule has 0 aliphatic carbocycles. The van der Waals surface area contributed by atoms with E-state index in [2.05, 4.69) is 0 Å². The van der Waals surface area contributed by atoms with E-state index in [1.165, 1.54) is 13.2 Å². The highest BCUT2D eigenvalue weighted by molar-refractivity contribution is 6.32. The molecule has 0 spiro atoms. The Balaban J connectivity index is 2.37. The van der Waals surface area contributed by atoms with Crippen molar-refractivity contribution in [3.63, 3.8) is 0 Å². The molecule has 27 heavy (non-hydrogen) atoms. The molecule has 0 amide bonds. The van der Waals surface area contributed by atoms with Gasteiger partial charge in [-0.3, -0.25) is 4.79 Å².